The maximum absolute atomic E-state index is 11.9. The first kappa shape index (κ1) is 30.0. The van der Waals surface area contributed by atoms with E-state index in [-0.39, 0.29) is 18.5 Å². The average Bonchev–Trinajstić information content (AvgIpc) is 2.98. The summed E-state index contributed by atoms with van der Waals surface area (Å²) in [4.78, 5) is 0. The number of benzene rings is 3. The van der Waals surface area contributed by atoms with Crippen LogP contribution in [-0.4, -0.2) is 63.0 Å². The summed E-state index contributed by atoms with van der Waals surface area (Å²) in [5.74, 6) is 1.74. The van der Waals surface area contributed by atoms with Gasteiger partial charge in [-0.1, -0.05) is 12.1 Å². The molecule has 0 spiro atoms. The first-order valence-corrected chi connectivity index (χ1v) is 14.4. The second-order valence-electron chi connectivity index (χ2n) is 11.0. The van der Waals surface area contributed by atoms with Crippen LogP contribution >= 0.6 is 0 Å². The summed E-state index contributed by atoms with van der Waals surface area (Å²) in [6.45, 7) is 1.35. The monoisotopic (exact) mass is 579 g/mol. The molecule has 0 unspecified atom stereocenters. The smallest absolute Gasteiger partial charge is 0.128 e. The Hall–Kier alpha value is -3.50. The summed E-state index contributed by atoms with van der Waals surface area (Å²) in [6, 6.07) is 14.5. The van der Waals surface area contributed by atoms with Crippen LogP contribution in [0.3, 0.4) is 0 Å². The maximum atomic E-state index is 11.9. The molecule has 3 aromatic rings. The van der Waals surface area contributed by atoms with Crippen LogP contribution in [0.1, 0.15) is 52.9 Å². The Balaban J connectivity index is 1.51. The van der Waals surface area contributed by atoms with Crippen molar-refractivity contribution < 1.29 is 39.0 Å². The zero-order valence-corrected chi connectivity index (χ0v) is 24.6. The predicted octanol–water partition coefficient (Wildman–Crippen LogP) is 4.30. The topological polar surface area (TPSA) is 119 Å². The molecule has 5 atom stereocenters. The largest absolute Gasteiger partial charge is 0.508 e. The van der Waals surface area contributed by atoms with Gasteiger partial charge in [0.2, 0.25) is 0 Å². The number of fused-ring (bicyclic) bond motifs is 2. The zero-order chi connectivity index (χ0) is 29.8. The van der Waals surface area contributed by atoms with E-state index in [1.807, 2.05) is 31.3 Å². The first-order valence-electron chi connectivity index (χ1n) is 14.4. The van der Waals surface area contributed by atoms with Crippen molar-refractivity contribution in [1.82, 2.24) is 5.32 Å². The number of methoxy groups -OCH3 is 3. The fraction of sp³-hybridized carbons (Fsp3) is 0.455. The molecule has 9 nitrogen and oxygen atoms in total. The third-order valence-electron chi connectivity index (χ3n) is 8.36. The van der Waals surface area contributed by atoms with E-state index in [2.05, 4.69) is 5.32 Å². The molecule has 0 aromatic heterocycles. The average molecular weight is 580 g/mol. The highest BCUT2D eigenvalue weighted by Crippen LogP contribution is 2.51. The van der Waals surface area contributed by atoms with E-state index in [9.17, 15) is 15.3 Å². The molecule has 2 aliphatic rings. The van der Waals surface area contributed by atoms with Crippen LogP contribution in [0, 0.1) is 11.8 Å². The molecule has 0 radical (unpaired) electrons. The molecule has 9 heteroatoms. The lowest BCUT2D eigenvalue weighted by atomic mass is 9.72. The standard InChI is InChI=1S/C33H41NO8/c1-34-17-21-14-29-24(16-28(21)40-4)32(37)30(27(42-29)9-6-10-38-2)26-18-41-33-20(11-19-7-5-8-22(35)12-19)13-23(39-3)15-25(33)31(26)36/h5,7-8,12-16,26-27,30-32,34-37H,6,9-11,17-18H2,1-4H3/t26-,27+,30-,31-,32+/m1/s1. The summed E-state index contributed by atoms with van der Waals surface area (Å²) in [7, 11) is 6.73. The van der Waals surface area contributed by atoms with Gasteiger partial charge in [-0.05, 0) is 61.9 Å². The predicted molar refractivity (Wildman–Crippen MR) is 158 cm³/mol. The minimum Gasteiger partial charge on any atom is -0.508 e. The SMILES string of the molecule is CNCc1cc2c(cc1OC)[C@H](O)[C@H]([C@H]1COc3c(Cc4cccc(O)c4)cc(OC)cc3[C@H]1O)[C@H](CCCOC)O2. The lowest BCUT2D eigenvalue weighted by molar-refractivity contribution is -0.0889. The minimum atomic E-state index is -0.938. The van der Waals surface area contributed by atoms with Crippen molar-refractivity contribution in [3.05, 3.63) is 76.3 Å². The molecule has 0 aliphatic carbocycles. The molecule has 0 fully saturated rings. The normalized spacial score (nSPS) is 22.9. The van der Waals surface area contributed by atoms with E-state index in [1.165, 1.54) is 0 Å². The Bertz CT molecular complexity index is 1380. The van der Waals surface area contributed by atoms with Gasteiger partial charge in [-0.25, -0.2) is 0 Å². The van der Waals surface area contributed by atoms with E-state index in [1.54, 1.807) is 45.6 Å². The summed E-state index contributed by atoms with van der Waals surface area (Å²) < 4.78 is 29.5. The third kappa shape index (κ3) is 6.01. The molecule has 5 rings (SSSR count). The Kier molecular flexibility index (Phi) is 9.43. The molecular formula is C33H41NO8. The lowest BCUT2D eigenvalue weighted by Crippen LogP contribution is -2.46. The van der Waals surface area contributed by atoms with Crippen molar-refractivity contribution in [3.8, 4) is 28.7 Å². The van der Waals surface area contributed by atoms with Gasteiger partial charge in [0.15, 0.2) is 0 Å². The number of ether oxygens (including phenoxy) is 5. The molecule has 42 heavy (non-hydrogen) atoms. The molecule has 0 saturated heterocycles. The van der Waals surface area contributed by atoms with Gasteiger partial charge >= 0.3 is 0 Å². The highest BCUT2D eigenvalue weighted by molar-refractivity contribution is 5.52. The van der Waals surface area contributed by atoms with Gasteiger partial charge in [0.05, 0.1) is 33.0 Å². The zero-order valence-electron chi connectivity index (χ0n) is 24.6. The van der Waals surface area contributed by atoms with E-state index in [0.29, 0.717) is 60.1 Å². The van der Waals surface area contributed by atoms with Gasteiger partial charge in [-0.15, -0.1) is 0 Å². The molecule has 0 saturated carbocycles. The number of aromatic hydroxyl groups is 1. The Morgan fingerprint density at radius 2 is 1.79 bits per heavy atom. The summed E-state index contributed by atoms with van der Waals surface area (Å²) in [6.07, 6.45) is -0.364. The highest BCUT2D eigenvalue weighted by atomic mass is 16.5. The molecule has 3 aromatic carbocycles. The van der Waals surface area contributed by atoms with Crippen LogP contribution in [0.2, 0.25) is 0 Å². The number of aliphatic hydroxyl groups is 2. The molecule has 4 N–H and O–H groups in total. The fourth-order valence-electron chi connectivity index (χ4n) is 6.35. The molecule has 2 aliphatic heterocycles. The number of hydrogen-bond acceptors (Lipinski definition) is 9. The van der Waals surface area contributed by atoms with Crippen molar-refractivity contribution in [2.45, 2.75) is 44.1 Å². The number of aliphatic hydroxyl groups excluding tert-OH is 2. The van der Waals surface area contributed by atoms with Gasteiger partial charge in [-0.3, -0.25) is 0 Å². The maximum Gasteiger partial charge on any atom is 0.128 e. The van der Waals surface area contributed by atoms with Gasteiger partial charge in [0.25, 0.3) is 0 Å². The summed E-state index contributed by atoms with van der Waals surface area (Å²) >= 11 is 0. The van der Waals surface area contributed by atoms with Gasteiger partial charge in [-0.2, -0.15) is 0 Å². The van der Waals surface area contributed by atoms with E-state index < -0.39 is 24.0 Å². The summed E-state index contributed by atoms with van der Waals surface area (Å²) in [5.41, 5.74) is 3.92. The Morgan fingerprint density at radius 3 is 2.50 bits per heavy atom. The number of rotatable bonds is 11. The van der Waals surface area contributed by atoms with Crippen LogP contribution in [-0.2, 0) is 17.7 Å². The first-order chi connectivity index (χ1) is 20.4. The lowest BCUT2D eigenvalue weighted by Gasteiger charge is -2.45. The third-order valence-corrected chi connectivity index (χ3v) is 8.36. The number of phenols is 1. The molecule has 0 bridgehead atoms. The van der Waals surface area contributed by atoms with Crippen LogP contribution in [0.15, 0.2) is 48.5 Å². The highest BCUT2D eigenvalue weighted by Gasteiger charge is 2.47. The van der Waals surface area contributed by atoms with Gasteiger partial charge < -0.3 is 44.3 Å². The second kappa shape index (κ2) is 13.2. The molecule has 0 amide bonds. The van der Waals surface area contributed by atoms with Crippen LogP contribution < -0.4 is 24.3 Å². The van der Waals surface area contributed by atoms with Crippen LogP contribution in [0.4, 0.5) is 0 Å². The second-order valence-corrected chi connectivity index (χ2v) is 11.0. The molecule has 226 valence electrons. The quantitative estimate of drug-likeness (QED) is 0.247. The van der Waals surface area contributed by atoms with Crippen molar-refractivity contribution in [2.24, 2.45) is 11.8 Å². The number of hydrogen-bond donors (Lipinski definition) is 4. The fourth-order valence-corrected chi connectivity index (χ4v) is 6.35. The van der Waals surface area contributed by atoms with Crippen molar-refractivity contribution in [2.75, 3.05) is 41.6 Å². The van der Waals surface area contributed by atoms with Crippen molar-refractivity contribution in [1.29, 1.82) is 0 Å². The summed E-state index contributed by atoms with van der Waals surface area (Å²) in [5, 5.41) is 36.9. The number of nitrogens with one attached hydrogen (secondary N) is 1. The van der Waals surface area contributed by atoms with Crippen molar-refractivity contribution >= 4 is 0 Å². The minimum absolute atomic E-state index is 0.186. The van der Waals surface area contributed by atoms with Gasteiger partial charge in [0.1, 0.15) is 34.9 Å². The van der Waals surface area contributed by atoms with Gasteiger partial charge in [0, 0.05) is 60.8 Å². The van der Waals surface area contributed by atoms with E-state index in [0.717, 1.165) is 23.1 Å². The van der Waals surface area contributed by atoms with E-state index >= 15 is 0 Å². The molecular weight excluding hydrogens is 538 g/mol. The Morgan fingerprint density at radius 1 is 0.952 bits per heavy atom. The molecule has 2 heterocycles. The van der Waals surface area contributed by atoms with Crippen LogP contribution in [0.25, 0.3) is 0 Å². The number of phenolic OH excluding ortho intramolecular Hbond substituents is 1. The Labute approximate surface area is 247 Å². The van der Waals surface area contributed by atoms with Crippen molar-refractivity contribution in [3.63, 3.8) is 0 Å². The van der Waals surface area contributed by atoms with E-state index in [4.69, 9.17) is 23.7 Å². The van der Waals surface area contributed by atoms with Crippen LogP contribution in [0.5, 0.6) is 28.7 Å².